The zero-order chi connectivity index (χ0) is 18.0. The number of hydrogen-bond acceptors (Lipinski definition) is 3. The summed E-state index contributed by atoms with van der Waals surface area (Å²) in [5, 5.41) is 3.10. The molecule has 1 amide bonds. The van der Waals surface area contributed by atoms with Gasteiger partial charge in [-0.25, -0.2) is 0 Å². The van der Waals surface area contributed by atoms with Crippen LogP contribution in [-0.2, 0) is 4.79 Å². The Kier molecular flexibility index (Phi) is 4.71. The summed E-state index contributed by atoms with van der Waals surface area (Å²) in [4.78, 5) is 12.4. The molecule has 2 aromatic rings. The van der Waals surface area contributed by atoms with E-state index < -0.39 is 0 Å². The van der Waals surface area contributed by atoms with E-state index in [1.807, 2.05) is 70.2 Å². The molecule has 1 atom stereocenters. The molecule has 3 rings (SSSR count). The summed E-state index contributed by atoms with van der Waals surface area (Å²) >= 11 is 0. The zero-order valence-corrected chi connectivity index (χ0v) is 15.3. The Morgan fingerprint density at radius 2 is 2.00 bits per heavy atom. The number of carbonyl (C=O) groups is 1. The van der Waals surface area contributed by atoms with Crippen molar-refractivity contribution < 1.29 is 14.3 Å². The molecule has 1 aliphatic rings. The van der Waals surface area contributed by atoms with Crippen molar-refractivity contribution in [3.63, 3.8) is 0 Å². The van der Waals surface area contributed by atoms with Gasteiger partial charge in [-0.1, -0.05) is 30.3 Å². The summed E-state index contributed by atoms with van der Waals surface area (Å²) < 4.78 is 11.7. The van der Waals surface area contributed by atoms with Gasteiger partial charge in [0.2, 0.25) is 0 Å². The molecule has 4 nitrogen and oxygen atoms in total. The molecule has 1 N–H and O–H groups in total. The van der Waals surface area contributed by atoms with Crippen molar-refractivity contribution in [3.05, 3.63) is 59.2 Å². The molecule has 0 saturated carbocycles. The fourth-order valence-corrected chi connectivity index (χ4v) is 3.19. The van der Waals surface area contributed by atoms with Crippen LogP contribution < -0.4 is 14.8 Å². The molecule has 1 aliphatic heterocycles. The molecule has 132 valence electrons. The van der Waals surface area contributed by atoms with E-state index in [1.165, 1.54) is 0 Å². The minimum atomic E-state index is -0.324. The molecule has 0 aliphatic carbocycles. The van der Waals surface area contributed by atoms with Crippen molar-refractivity contribution in [2.75, 3.05) is 6.61 Å². The standard InChI is InChI=1S/C21H25NO3/c1-14-9-10-16-17(12-21(3,4)25-19(16)11-14)22-20(23)13-24-18-8-6-5-7-15(18)2/h5-11,17H,12-13H2,1-4H3,(H,22,23). The van der Waals surface area contributed by atoms with E-state index in [9.17, 15) is 4.79 Å². The molecule has 0 spiro atoms. The van der Waals surface area contributed by atoms with Crippen molar-refractivity contribution in [3.8, 4) is 11.5 Å². The molecule has 0 radical (unpaired) electrons. The number of para-hydroxylation sites is 1. The van der Waals surface area contributed by atoms with Gasteiger partial charge in [0.15, 0.2) is 6.61 Å². The van der Waals surface area contributed by atoms with Gasteiger partial charge in [-0.15, -0.1) is 0 Å². The summed E-state index contributed by atoms with van der Waals surface area (Å²) in [6, 6.07) is 13.7. The first-order valence-corrected chi connectivity index (χ1v) is 8.61. The highest BCUT2D eigenvalue weighted by Gasteiger charge is 2.34. The zero-order valence-electron chi connectivity index (χ0n) is 15.3. The number of aryl methyl sites for hydroxylation is 2. The number of nitrogens with one attached hydrogen (secondary N) is 1. The van der Waals surface area contributed by atoms with Crippen LogP contribution in [-0.4, -0.2) is 18.1 Å². The maximum Gasteiger partial charge on any atom is 0.258 e. The maximum atomic E-state index is 12.4. The van der Waals surface area contributed by atoms with E-state index in [0.29, 0.717) is 0 Å². The topological polar surface area (TPSA) is 47.6 Å². The van der Waals surface area contributed by atoms with Gasteiger partial charge >= 0.3 is 0 Å². The van der Waals surface area contributed by atoms with Crippen LogP contribution >= 0.6 is 0 Å². The quantitative estimate of drug-likeness (QED) is 0.912. The van der Waals surface area contributed by atoms with Crippen LogP contribution in [0.5, 0.6) is 11.5 Å². The van der Waals surface area contributed by atoms with Crippen LogP contribution in [0.1, 0.15) is 43.0 Å². The molecule has 4 heteroatoms. The average molecular weight is 339 g/mol. The number of benzene rings is 2. The predicted octanol–water partition coefficient (Wildman–Crippen LogP) is 4.10. The van der Waals surface area contributed by atoms with Gasteiger partial charge in [0.25, 0.3) is 5.91 Å². The van der Waals surface area contributed by atoms with Crippen molar-refractivity contribution in [1.29, 1.82) is 0 Å². The fraction of sp³-hybridized carbons (Fsp3) is 0.381. The Labute approximate surface area is 149 Å². The Balaban J connectivity index is 1.70. The number of amides is 1. The number of ether oxygens (including phenoxy) is 2. The number of rotatable bonds is 4. The van der Waals surface area contributed by atoms with Gasteiger partial charge in [-0.05, 0) is 51.0 Å². The molecule has 0 saturated heterocycles. The average Bonchev–Trinajstić information content (AvgIpc) is 2.52. The second-order valence-electron chi connectivity index (χ2n) is 7.28. The van der Waals surface area contributed by atoms with Gasteiger partial charge in [0, 0.05) is 12.0 Å². The predicted molar refractivity (Wildman–Crippen MR) is 98.1 cm³/mol. The minimum absolute atomic E-state index is 0.00380. The van der Waals surface area contributed by atoms with Crippen molar-refractivity contribution in [2.24, 2.45) is 0 Å². The third-order valence-electron chi connectivity index (χ3n) is 4.41. The number of fused-ring (bicyclic) bond motifs is 1. The first kappa shape index (κ1) is 17.3. The molecule has 1 heterocycles. The lowest BCUT2D eigenvalue weighted by Crippen LogP contribution is -2.42. The molecular formula is C21H25NO3. The molecule has 0 bridgehead atoms. The summed E-state index contributed by atoms with van der Waals surface area (Å²) in [6.45, 7) is 8.09. The van der Waals surface area contributed by atoms with E-state index in [4.69, 9.17) is 9.47 Å². The van der Waals surface area contributed by atoms with Crippen LogP contribution in [0.2, 0.25) is 0 Å². The van der Waals surface area contributed by atoms with Gasteiger partial charge in [-0.2, -0.15) is 0 Å². The largest absolute Gasteiger partial charge is 0.487 e. The first-order chi connectivity index (χ1) is 11.8. The highest BCUT2D eigenvalue weighted by atomic mass is 16.5. The van der Waals surface area contributed by atoms with Crippen molar-refractivity contribution in [2.45, 2.75) is 45.8 Å². The minimum Gasteiger partial charge on any atom is -0.487 e. The molecule has 0 aromatic heterocycles. The summed E-state index contributed by atoms with van der Waals surface area (Å²) in [5.41, 5.74) is 2.86. The number of carbonyl (C=O) groups excluding carboxylic acids is 1. The summed E-state index contributed by atoms with van der Waals surface area (Å²) in [6.07, 6.45) is 0.721. The molecule has 0 fully saturated rings. The monoisotopic (exact) mass is 339 g/mol. The van der Waals surface area contributed by atoms with E-state index in [-0.39, 0.29) is 24.2 Å². The maximum absolute atomic E-state index is 12.4. The smallest absolute Gasteiger partial charge is 0.258 e. The van der Waals surface area contributed by atoms with Crippen LogP contribution in [0.3, 0.4) is 0 Å². The molecule has 2 aromatic carbocycles. The Hall–Kier alpha value is -2.49. The van der Waals surface area contributed by atoms with E-state index >= 15 is 0 Å². The van der Waals surface area contributed by atoms with E-state index in [0.717, 1.165) is 34.6 Å². The van der Waals surface area contributed by atoms with Gasteiger partial charge in [0.1, 0.15) is 17.1 Å². The molecule has 1 unspecified atom stereocenters. The van der Waals surface area contributed by atoms with Gasteiger partial charge in [-0.3, -0.25) is 4.79 Å². The lowest BCUT2D eigenvalue weighted by Gasteiger charge is -2.38. The van der Waals surface area contributed by atoms with Crippen LogP contribution in [0, 0.1) is 13.8 Å². The second kappa shape index (κ2) is 6.79. The van der Waals surface area contributed by atoms with E-state index in [2.05, 4.69) is 5.32 Å². The SMILES string of the molecule is Cc1ccc2c(c1)OC(C)(C)CC2NC(=O)COc1ccccc1C. The summed E-state index contributed by atoms with van der Waals surface area (Å²) in [5.74, 6) is 1.46. The van der Waals surface area contributed by atoms with Gasteiger partial charge < -0.3 is 14.8 Å². The lowest BCUT2D eigenvalue weighted by molar-refractivity contribution is -0.124. The van der Waals surface area contributed by atoms with Crippen molar-refractivity contribution in [1.82, 2.24) is 5.32 Å². The normalized spacial score (nSPS) is 18.0. The van der Waals surface area contributed by atoms with Crippen LogP contribution in [0.4, 0.5) is 0 Å². The summed E-state index contributed by atoms with van der Waals surface area (Å²) in [7, 11) is 0. The third-order valence-corrected chi connectivity index (χ3v) is 4.41. The van der Waals surface area contributed by atoms with Gasteiger partial charge in [0.05, 0.1) is 6.04 Å². The highest BCUT2D eigenvalue weighted by Crippen LogP contribution is 2.39. The second-order valence-corrected chi connectivity index (χ2v) is 7.28. The Morgan fingerprint density at radius 3 is 2.76 bits per heavy atom. The Bertz CT molecular complexity index is 782. The number of hydrogen-bond donors (Lipinski definition) is 1. The first-order valence-electron chi connectivity index (χ1n) is 8.61. The lowest BCUT2D eigenvalue weighted by atomic mass is 9.89. The Morgan fingerprint density at radius 1 is 1.24 bits per heavy atom. The molecule has 25 heavy (non-hydrogen) atoms. The fourth-order valence-electron chi connectivity index (χ4n) is 3.19. The highest BCUT2D eigenvalue weighted by molar-refractivity contribution is 5.78. The van der Waals surface area contributed by atoms with E-state index in [1.54, 1.807) is 0 Å². The van der Waals surface area contributed by atoms with Crippen LogP contribution in [0.25, 0.3) is 0 Å². The molecular weight excluding hydrogens is 314 g/mol. The van der Waals surface area contributed by atoms with Crippen LogP contribution in [0.15, 0.2) is 42.5 Å². The van der Waals surface area contributed by atoms with Crippen molar-refractivity contribution >= 4 is 5.91 Å². The third kappa shape index (κ3) is 4.13.